The van der Waals surface area contributed by atoms with Crippen LogP contribution in [0.3, 0.4) is 0 Å². The second kappa shape index (κ2) is 2.71. The highest BCUT2D eigenvalue weighted by molar-refractivity contribution is 5.75. The molecule has 0 aliphatic carbocycles. The van der Waals surface area contributed by atoms with Gasteiger partial charge in [-0.25, -0.2) is 0 Å². The molecule has 0 saturated carbocycles. The molecule has 1 saturated heterocycles. The maximum atomic E-state index is 7.06. The van der Waals surface area contributed by atoms with Crippen molar-refractivity contribution in [2.75, 3.05) is 6.54 Å². The lowest BCUT2D eigenvalue weighted by atomic mass is 10.1. The average molecular weight is 126 g/mol. The van der Waals surface area contributed by atoms with Crippen molar-refractivity contribution in [3.63, 3.8) is 0 Å². The average Bonchev–Trinajstić information content (AvgIpc) is 1.90. The summed E-state index contributed by atoms with van der Waals surface area (Å²) in [5.74, 6) is 0.176. The first-order valence-corrected chi connectivity index (χ1v) is 3.24. The lowest BCUT2D eigenvalue weighted by Crippen LogP contribution is -2.36. The molecule has 1 rings (SSSR count). The van der Waals surface area contributed by atoms with E-state index in [0.717, 1.165) is 19.4 Å². The van der Waals surface area contributed by atoms with E-state index in [1.807, 2.05) is 6.54 Å². The molecule has 0 aromatic carbocycles. The first-order valence-electron chi connectivity index (χ1n) is 3.24. The Morgan fingerprint density at radius 1 is 1.56 bits per heavy atom. The maximum absolute atomic E-state index is 7.06. The van der Waals surface area contributed by atoms with Gasteiger partial charge in [0.25, 0.3) is 0 Å². The maximum Gasteiger partial charge on any atom is 0.188 e. The van der Waals surface area contributed by atoms with Crippen molar-refractivity contribution in [3.05, 3.63) is 6.54 Å². The third kappa shape index (κ3) is 1.59. The molecule has 1 aliphatic rings. The molecule has 3 N–H and O–H groups in total. The molecule has 0 spiro atoms. The molecule has 1 aliphatic heterocycles. The molecule has 1 fully saturated rings. The van der Waals surface area contributed by atoms with Gasteiger partial charge in [-0.15, -0.1) is 0 Å². The summed E-state index contributed by atoms with van der Waals surface area (Å²) in [6.45, 7) is 2.92. The highest BCUT2D eigenvalue weighted by atomic mass is 15.2. The molecule has 0 bridgehead atoms. The third-order valence-electron chi connectivity index (χ3n) is 1.51. The molecule has 3 heteroatoms. The fourth-order valence-corrected chi connectivity index (χ4v) is 0.984. The topological polar surface area (TPSA) is 53.1 Å². The number of piperidine rings is 1. The first kappa shape index (κ1) is 6.39. The van der Waals surface area contributed by atoms with Gasteiger partial charge >= 0.3 is 0 Å². The Bertz CT molecular complexity index is 105. The third-order valence-corrected chi connectivity index (χ3v) is 1.51. The Kier molecular flexibility index (Phi) is 1.92. The van der Waals surface area contributed by atoms with Crippen LogP contribution in [-0.4, -0.2) is 17.4 Å². The van der Waals surface area contributed by atoms with Crippen LogP contribution in [0.1, 0.15) is 19.3 Å². The Hall–Kier alpha value is -0.730. The fraction of sp³-hybridized carbons (Fsp3) is 0.667. The predicted octanol–water partition coefficient (Wildman–Crippen LogP) is 0.528. The van der Waals surface area contributed by atoms with E-state index >= 15 is 0 Å². The molecule has 0 aromatic rings. The van der Waals surface area contributed by atoms with Crippen LogP contribution >= 0.6 is 0 Å². The van der Waals surface area contributed by atoms with Gasteiger partial charge in [-0.1, -0.05) is 0 Å². The molecular formula is C6H12N3. The summed E-state index contributed by atoms with van der Waals surface area (Å²) in [5.41, 5.74) is 5.25. The summed E-state index contributed by atoms with van der Waals surface area (Å²) in [7, 11) is 0. The molecule has 0 atom stereocenters. The number of likely N-dealkylation sites (tertiary alicyclic amines) is 1. The first-order chi connectivity index (χ1) is 4.30. The standard InChI is InChI=1S/C6H12N3/c7-6(8)9-4-2-1-3-5-9/h4H,1-3,5H2,(H3,7,8). The van der Waals surface area contributed by atoms with E-state index in [9.17, 15) is 0 Å². The van der Waals surface area contributed by atoms with E-state index in [1.54, 1.807) is 4.90 Å². The van der Waals surface area contributed by atoms with Crippen LogP contribution in [-0.2, 0) is 0 Å². The Morgan fingerprint density at radius 3 is 2.67 bits per heavy atom. The molecule has 0 amide bonds. The van der Waals surface area contributed by atoms with Crippen LogP contribution in [0.2, 0.25) is 0 Å². The summed E-state index contributed by atoms with van der Waals surface area (Å²) in [6, 6.07) is 0. The molecule has 0 aromatic heterocycles. The Labute approximate surface area is 55.3 Å². The zero-order valence-corrected chi connectivity index (χ0v) is 5.43. The summed E-state index contributed by atoms with van der Waals surface area (Å²) >= 11 is 0. The number of rotatable bonds is 0. The number of hydrogen-bond donors (Lipinski definition) is 2. The van der Waals surface area contributed by atoms with E-state index in [-0.39, 0.29) is 5.96 Å². The van der Waals surface area contributed by atoms with Crippen molar-refractivity contribution in [3.8, 4) is 0 Å². The lowest BCUT2D eigenvalue weighted by Gasteiger charge is -2.25. The summed E-state index contributed by atoms with van der Waals surface area (Å²) in [6.07, 6.45) is 3.47. The highest BCUT2D eigenvalue weighted by Crippen LogP contribution is 2.10. The van der Waals surface area contributed by atoms with Gasteiger partial charge in [-0.05, 0) is 19.3 Å². The van der Waals surface area contributed by atoms with Crippen LogP contribution < -0.4 is 5.73 Å². The van der Waals surface area contributed by atoms with Crippen LogP contribution in [0.25, 0.3) is 0 Å². The second-order valence-corrected chi connectivity index (χ2v) is 2.26. The largest absolute Gasteiger partial charge is 0.370 e. The van der Waals surface area contributed by atoms with Gasteiger partial charge in [0, 0.05) is 6.54 Å². The van der Waals surface area contributed by atoms with Gasteiger partial charge in [0.2, 0.25) is 0 Å². The van der Waals surface area contributed by atoms with Crippen LogP contribution in [0, 0.1) is 12.0 Å². The predicted molar refractivity (Wildman–Crippen MR) is 36.8 cm³/mol. The van der Waals surface area contributed by atoms with Gasteiger partial charge in [0.15, 0.2) is 5.96 Å². The second-order valence-electron chi connectivity index (χ2n) is 2.26. The van der Waals surface area contributed by atoms with Gasteiger partial charge in [0.05, 0.1) is 6.54 Å². The van der Waals surface area contributed by atoms with Gasteiger partial charge in [-0.2, -0.15) is 0 Å². The minimum atomic E-state index is 0.176. The van der Waals surface area contributed by atoms with E-state index in [1.165, 1.54) is 6.42 Å². The quantitative estimate of drug-likeness (QED) is 0.367. The smallest absolute Gasteiger partial charge is 0.188 e. The van der Waals surface area contributed by atoms with E-state index in [0.29, 0.717) is 0 Å². The van der Waals surface area contributed by atoms with Gasteiger partial charge in [0.1, 0.15) is 0 Å². The van der Waals surface area contributed by atoms with Crippen molar-refractivity contribution in [2.24, 2.45) is 5.73 Å². The minimum Gasteiger partial charge on any atom is -0.370 e. The monoisotopic (exact) mass is 126 g/mol. The van der Waals surface area contributed by atoms with Crippen molar-refractivity contribution >= 4 is 5.96 Å². The molecule has 1 radical (unpaired) electrons. The van der Waals surface area contributed by atoms with Crippen molar-refractivity contribution in [1.82, 2.24) is 4.90 Å². The SMILES string of the molecule is N=C(N)N1[CH]CCCC1. The fourth-order valence-electron chi connectivity index (χ4n) is 0.984. The van der Waals surface area contributed by atoms with Crippen LogP contribution in [0.4, 0.5) is 0 Å². The van der Waals surface area contributed by atoms with E-state index < -0.39 is 0 Å². The van der Waals surface area contributed by atoms with E-state index in [4.69, 9.17) is 11.1 Å². The van der Waals surface area contributed by atoms with Crippen molar-refractivity contribution < 1.29 is 0 Å². The number of guanidine groups is 1. The number of nitrogens with one attached hydrogen (secondary N) is 1. The number of nitrogens with zero attached hydrogens (tertiary/aromatic N) is 1. The van der Waals surface area contributed by atoms with Gasteiger partial charge < -0.3 is 10.6 Å². The molecule has 51 valence electrons. The lowest BCUT2D eigenvalue weighted by molar-refractivity contribution is 0.399. The molecule has 3 nitrogen and oxygen atoms in total. The summed E-state index contributed by atoms with van der Waals surface area (Å²) < 4.78 is 0. The minimum absolute atomic E-state index is 0.176. The molecule has 0 unspecified atom stereocenters. The van der Waals surface area contributed by atoms with E-state index in [2.05, 4.69) is 0 Å². The molecule has 1 heterocycles. The molecule has 9 heavy (non-hydrogen) atoms. The Balaban J connectivity index is 2.31. The van der Waals surface area contributed by atoms with Gasteiger partial charge in [-0.3, -0.25) is 5.41 Å². The van der Waals surface area contributed by atoms with Crippen LogP contribution in [0.5, 0.6) is 0 Å². The zero-order valence-electron chi connectivity index (χ0n) is 5.43. The highest BCUT2D eigenvalue weighted by Gasteiger charge is 2.10. The number of nitrogens with two attached hydrogens (primary N) is 1. The Morgan fingerprint density at radius 2 is 2.33 bits per heavy atom. The van der Waals surface area contributed by atoms with Crippen LogP contribution in [0.15, 0.2) is 0 Å². The summed E-state index contributed by atoms with van der Waals surface area (Å²) in [5, 5.41) is 7.06. The summed E-state index contributed by atoms with van der Waals surface area (Å²) in [4.78, 5) is 1.80. The molecular weight excluding hydrogens is 114 g/mol. The van der Waals surface area contributed by atoms with Crippen molar-refractivity contribution in [2.45, 2.75) is 19.3 Å². The van der Waals surface area contributed by atoms with Crippen molar-refractivity contribution in [1.29, 1.82) is 5.41 Å². The number of hydrogen-bond acceptors (Lipinski definition) is 1. The zero-order chi connectivity index (χ0) is 6.69. The normalized spacial score (nSPS) is 19.8.